The first-order valence-corrected chi connectivity index (χ1v) is 8.68. The molecule has 0 aliphatic carbocycles. The van der Waals surface area contributed by atoms with Crippen LogP contribution in [0.5, 0.6) is 0 Å². The minimum Gasteiger partial charge on any atom is -0.354 e. The maximum absolute atomic E-state index is 12.0. The number of hydrogen-bond donors (Lipinski definition) is 2. The third-order valence-corrected chi connectivity index (χ3v) is 5.24. The molecule has 23 heavy (non-hydrogen) atoms. The summed E-state index contributed by atoms with van der Waals surface area (Å²) in [6.07, 6.45) is 1.14. The van der Waals surface area contributed by atoms with E-state index < -0.39 is 0 Å². The van der Waals surface area contributed by atoms with Crippen molar-refractivity contribution in [1.82, 2.24) is 14.9 Å². The minimum atomic E-state index is -0.0982. The molecular formula is C17H18N4OS. The number of para-hydroxylation sites is 1. The second-order valence-electron chi connectivity index (χ2n) is 5.75. The van der Waals surface area contributed by atoms with Crippen molar-refractivity contribution in [2.24, 2.45) is 0 Å². The highest BCUT2D eigenvalue weighted by Crippen LogP contribution is 2.23. The molecule has 3 heterocycles. The summed E-state index contributed by atoms with van der Waals surface area (Å²) in [6.45, 7) is 3.81. The van der Waals surface area contributed by atoms with E-state index in [4.69, 9.17) is 0 Å². The number of H-pyrrole nitrogens is 1. The van der Waals surface area contributed by atoms with Crippen LogP contribution in [0.25, 0.3) is 10.9 Å². The summed E-state index contributed by atoms with van der Waals surface area (Å²) in [7, 11) is 0. The Morgan fingerprint density at radius 3 is 3.17 bits per heavy atom. The summed E-state index contributed by atoms with van der Waals surface area (Å²) < 4.78 is 0. The summed E-state index contributed by atoms with van der Waals surface area (Å²) in [5, 5.41) is 6.04. The quantitative estimate of drug-likeness (QED) is 0.773. The van der Waals surface area contributed by atoms with E-state index in [1.54, 1.807) is 6.07 Å². The zero-order valence-electron chi connectivity index (χ0n) is 12.7. The van der Waals surface area contributed by atoms with Gasteiger partial charge in [-0.3, -0.25) is 14.7 Å². The molecule has 2 aromatic heterocycles. The van der Waals surface area contributed by atoms with Gasteiger partial charge in [-0.05, 0) is 35.6 Å². The second kappa shape index (κ2) is 6.14. The van der Waals surface area contributed by atoms with E-state index in [-0.39, 0.29) is 5.56 Å². The minimum absolute atomic E-state index is 0.0982. The average Bonchev–Trinajstić information content (AvgIpc) is 3.03. The van der Waals surface area contributed by atoms with Crippen LogP contribution in [-0.4, -0.2) is 34.5 Å². The van der Waals surface area contributed by atoms with Crippen LogP contribution in [0.1, 0.15) is 10.4 Å². The first-order chi connectivity index (χ1) is 11.3. The summed E-state index contributed by atoms with van der Waals surface area (Å²) in [5.74, 6) is 0.543. The summed E-state index contributed by atoms with van der Waals surface area (Å²) in [5.41, 5.74) is 2.08. The van der Waals surface area contributed by atoms with Crippen molar-refractivity contribution in [3.63, 3.8) is 0 Å². The Labute approximate surface area is 138 Å². The predicted octanol–water partition coefficient (Wildman–Crippen LogP) is 2.45. The fourth-order valence-electron chi connectivity index (χ4n) is 3.00. The fourth-order valence-corrected chi connectivity index (χ4v) is 3.89. The number of nitrogens with one attached hydrogen (secondary N) is 2. The van der Waals surface area contributed by atoms with Gasteiger partial charge in [0.05, 0.1) is 10.9 Å². The average molecular weight is 326 g/mol. The van der Waals surface area contributed by atoms with Gasteiger partial charge in [0.25, 0.3) is 5.56 Å². The van der Waals surface area contributed by atoms with Gasteiger partial charge in [0, 0.05) is 31.1 Å². The van der Waals surface area contributed by atoms with Gasteiger partial charge in [0.2, 0.25) is 5.95 Å². The Balaban J connectivity index is 1.39. The highest BCUT2D eigenvalue weighted by molar-refractivity contribution is 7.10. The molecule has 5 nitrogen and oxygen atoms in total. The van der Waals surface area contributed by atoms with Gasteiger partial charge in [-0.25, -0.2) is 4.98 Å². The van der Waals surface area contributed by atoms with Gasteiger partial charge in [-0.2, -0.15) is 0 Å². The number of nitrogens with zero attached hydrogens (tertiary/aromatic N) is 2. The molecule has 1 aliphatic heterocycles. The fraction of sp³-hybridized carbons (Fsp3) is 0.294. The van der Waals surface area contributed by atoms with E-state index in [2.05, 4.69) is 31.6 Å². The van der Waals surface area contributed by atoms with Crippen LogP contribution in [0.15, 0.2) is 40.5 Å². The highest BCUT2D eigenvalue weighted by atomic mass is 32.1. The molecule has 0 unspecified atom stereocenters. The van der Waals surface area contributed by atoms with Crippen LogP contribution in [0.4, 0.5) is 5.95 Å². The number of benzene rings is 1. The van der Waals surface area contributed by atoms with Crippen LogP contribution in [0.3, 0.4) is 0 Å². The van der Waals surface area contributed by atoms with E-state index in [0.717, 1.165) is 38.1 Å². The van der Waals surface area contributed by atoms with Crippen molar-refractivity contribution < 1.29 is 0 Å². The molecule has 6 heteroatoms. The van der Waals surface area contributed by atoms with Gasteiger partial charge < -0.3 is 5.32 Å². The number of rotatable bonds is 4. The largest absolute Gasteiger partial charge is 0.354 e. The molecule has 0 spiro atoms. The first kappa shape index (κ1) is 14.4. The number of fused-ring (bicyclic) bond motifs is 2. The number of anilines is 1. The highest BCUT2D eigenvalue weighted by Gasteiger charge is 2.16. The number of aromatic nitrogens is 2. The normalized spacial score (nSPS) is 14.8. The van der Waals surface area contributed by atoms with E-state index >= 15 is 0 Å². The smallest absolute Gasteiger partial charge is 0.260 e. The molecule has 0 atom stereocenters. The van der Waals surface area contributed by atoms with Crippen molar-refractivity contribution >= 4 is 28.2 Å². The molecular weight excluding hydrogens is 308 g/mol. The SMILES string of the molecule is O=c1[nH]c(NCCN2CCc3sccc3C2)nc2ccccc12. The third-order valence-electron chi connectivity index (χ3n) is 4.22. The van der Waals surface area contributed by atoms with Crippen LogP contribution in [-0.2, 0) is 13.0 Å². The zero-order valence-corrected chi connectivity index (χ0v) is 13.5. The van der Waals surface area contributed by atoms with Gasteiger partial charge in [-0.1, -0.05) is 12.1 Å². The van der Waals surface area contributed by atoms with E-state index in [1.807, 2.05) is 29.5 Å². The van der Waals surface area contributed by atoms with Gasteiger partial charge in [-0.15, -0.1) is 11.3 Å². The summed E-state index contributed by atoms with van der Waals surface area (Å²) in [4.78, 5) is 23.2. The van der Waals surface area contributed by atoms with E-state index in [9.17, 15) is 4.79 Å². The molecule has 0 saturated carbocycles. The monoisotopic (exact) mass is 326 g/mol. The molecule has 2 N–H and O–H groups in total. The topological polar surface area (TPSA) is 61.0 Å². The summed E-state index contributed by atoms with van der Waals surface area (Å²) >= 11 is 1.86. The van der Waals surface area contributed by atoms with Crippen LogP contribution < -0.4 is 10.9 Å². The van der Waals surface area contributed by atoms with Crippen LogP contribution in [0, 0.1) is 0 Å². The van der Waals surface area contributed by atoms with Gasteiger partial charge >= 0.3 is 0 Å². The van der Waals surface area contributed by atoms with Gasteiger partial charge in [0.15, 0.2) is 0 Å². The van der Waals surface area contributed by atoms with E-state index in [1.165, 1.54) is 10.4 Å². The first-order valence-electron chi connectivity index (χ1n) is 7.80. The molecule has 118 valence electrons. The molecule has 3 aromatic rings. The van der Waals surface area contributed by atoms with Crippen LogP contribution >= 0.6 is 11.3 Å². The lowest BCUT2D eigenvalue weighted by atomic mass is 10.1. The standard InChI is InChI=1S/C17H18N4OS/c22-16-13-3-1-2-4-14(13)19-17(20-16)18-7-9-21-8-5-15-12(11-21)6-10-23-15/h1-4,6,10H,5,7-9,11H2,(H2,18,19,20,22). The number of thiophene rings is 1. The van der Waals surface area contributed by atoms with Crippen molar-refractivity contribution in [2.75, 3.05) is 25.0 Å². The van der Waals surface area contributed by atoms with Crippen molar-refractivity contribution in [3.05, 3.63) is 56.5 Å². The lowest BCUT2D eigenvalue weighted by Crippen LogP contribution is -2.33. The van der Waals surface area contributed by atoms with Crippen molar-refractivity contribution in [2.45, 2.75) is 13.0 Å². The Kier molecular flexibility index (Phi) is 3.85. The molecule has 0 saturated heterocycles. The molecule has 0 amide bonds. The number of hydrogen-bond acceptors (Lipinski definition) is 5. The Hall–Kier alpha value is -2.18. The Morgan fingerprint density at radius 2 is 2.22 bits per heavy atom. The lowest BCUT2D eigenvalue weighted by Gasteiger charge is -2.26. The molecule has 4 rings (SSSR count). The maximum Gasteiger partial charge on any atom is 0.260 e. The van der Waals surface area contributed by atoms with Gasteiger partial charge in [0.1, 0.15) is 0 Å². The summed E-state index contributed by atoms with van der Waals surface area (Å²) in [6, 6.07) is 9.61. The number of aromatic amines is 1. The Bertz CT molecular complexity index is 885. The lowest BCUT2D eigenvalue weighted by molar-refractivity contribution is 0.266. The third kappa shape index (κ3) is 3.00. The van der Waals surface area contributed by atoms with Crippen molar-refractivity contribution in [3.8, 4) is 0 Å². The molecule has 0 bridgehead atoms. The molecule has 1 aliphatic rings. The molecule has 0 radical (unpaired) electrons. The molecule has 1 aromatic carbocycles. The zero-order chi connectivity index (χ0) is 15.6. The second-order valence-corrected chi connectivity index (χ2v) is 6.75. The van der Waals surface area contributed by atoms with E-state index in [0.29, 0.717) is 11.3 Å². The maximum atomic E-state index is 12.0. The molecule has 0 fully saturated rings. The van der Waals surface area contributed by atoms with Crippen molar-refractivity contribution in [1.29, 1.82) is 0 Å². The predicted molar refractivity (Wildman–Crippen MR) is 94.2 cm³/mol. The van der Waals surface area contributed by atoms with Crippen LogP contribution in [0.2, 0.25) is 0 Å². The Morgan fingerprint density at radius 1 is 1.30 bits per heavy atom.